The van der Waals surface area contributed by atoms with Gasteiger partial charge in [0.05, 0.1) is 5.69 Å². The third-order valence-electron chi connectivity index (χ3n) is 3.63. The normalized spacial score (nSPS) is 14.1. The summed E-state index contributed by atoms with van der Waals surface area (Å²) in [6.45, 7) is 4.38. The minimum atomic E-state index is 0.306. The van der Waals surface area contributed by atoms with Gasteiger partial charge in [-0.2, -0.15) is 0 Å². The number of nitrogens with one attached hydrogen (secondary N) is 1. The lowest BCUT2D eigenvalue weighted by Crippen LogP contribution is -2.13. The van der Waals surface area contributed by atoms with Gasteiger partial charge in [-0.1, -0.05) is 43.3 Å². The van der Waals surface area contributed by atoms with Gasteiger partial charge in [0.1, 0.15) is 0 Å². The summed E-state index contributed by atoms with van der Waals surface area (Å²) < 4.78 is 0. The second kappa shape index (κ2) is 6.48. The summed E-state index contributed by atoms with van der Waals surface area (Å²) in [5.41, 5.74) is 3.78. The first-order valence-electron chi connectivity index (χ1n) is 6.87. The topological polar surface area (TPSA) is 24.9 Å². The number of hydrogen-bond donors (Lipinski definition) is 1. The number of aromatic nitrogens is 1. The highest BCUT2D eigenvalue weighted by Crippen LogP contribution is 2.20. The quantitative estimate of drug-likeness (QED) is 0.880. The standard InChI is InChI=1S/C17H22N2/c1-13(16-7-5-4-6-8-16)11-15-9-10-17(19-12-15)14(2)18-3/h4-10,12-14,18H,11H2,1-3H3. The molecule has 2 rings (SSSR count). The van der Waals surface area contributed by atoms with Gasteiger partial charge >= 0.3 is 0 Å². The van der Waals surface area contributed by atoms with Gasteiger partial charge in [0.2, 0.25) is 0 Å². The van der Waals surface area contributed by atoms with Gasteiger partial charge in [-0.3, -0.25) is 4.98 Å². The SMILES string of the molecule is CNC(C)c1ccc(CC(C)c2ccccc2)cn1. The highest BCUT2D eigenvalue weighted by molar-refractivity contribution is 5.23. The fourth-order valence-electron chi connectivity index (χ4n) is 2.21. The van der Waals surface area contributed by atoms with E-state index >= 15 is 0 Å². The third kappa shape index (κ3) is 3.65. The van der Waals surface area contributed by atoms with Crippen molar-refractivity contribution in [2.75, 3.05) is 7.05 Å². The van der Waals surface area contributed by atoms with Crippen LogP contribution in [0.3, 0.4) is 0 Å². The molecule has 2 atom stereocenters. The Bertz CT molecular complexity index is 490. The Kier molecular flexibility index (Phi) is 4.69. The zero-order valence-electron chi connectivity index (χ0n) is 11.9. The summed E-state index contributed by atoms with van der Waals surface area (Å²) in [7, 11) is 1.96. The Morgan fingerprint density at radius 1 is 1.05 bits per heavy atom. The van der Waals surface area contributed by atoms with Crippen molar-refractivity contribution in [2.24, 2.45) is 0 Å². The van der Waals surface area contributed by atoms with Crippen LogP contribution in [0.5, 0.6) is 0 Å². The highest BCUT2D eigenvalue weighted by Gasteiger charge is 2.08. The maximum atomic E-state index is 4.53. The maximum absolute atomic E-state index is 4.53. The predicted molar refractivity (Wildman–Crippen MR) is 80.3 cm³/mol. The summed E-state index contributed by atoms with van der Waals surface area (Å²) in [6, 6.07) is 15.3. The molecule has 0 amide bonds. The Balaban J connectivity index is 2.04. The van der Waals surface area contributed by atoms with Crippen LogP contribution in [0.1, 0.15) is 42.6 Å². The lowest BCUT2D eigenvalue weighted by atomic mass is 9.94. The molecule has 2 aromatic rings. The fraction of sp³-hybridized carbons (Fsp3) is 0.353. The molecule has 0 fully saturated rings. The molecule has 2 unspecified atom stereocenters. The summed E-state index contributed by atoms with van der Waals surface area (Å²) in [5.74, 6) is 0.524. The van der Waals surface area contributed by atoms with Gasteiger partial charge in [-0.15, -0.1) is 0 Å². The zero-order chi connectivity index (χ0) is 13.7. The smallest absolute Gasteiger partial charge is 0.0570 e. The first-order valence-corrected chi connectivity index (χ1v) is 6.87. The average Bonchev–Trinajstić information content (AvgIpc) is 2.48. The van der Waals surface area contributed by atoms with Crippen molar-refractivity contribution in [3.8, 4) is 0 Å². The van der Waals surface area contributed by atoms with Gasteiger partial charge in [-0.05, 0) is 43.5 Å². The third-order valence-corrected chi connectivity index (χ3v) is 3.63. The average molecular weight is 254 g/mol. The van der Waals surface area contributed by atoms with Crippen LogP contribution in [-0.2, 0) is 6.42 Å². The van der Waals surface area contributed by atoms with Gasteiger partial charge in [0.15, 0.2) is 0 Å². The zero-order valence-corrected chi connectivity index (χ0v) is 11.9. The summed E-state index contributed by atoms with van der Waals surface area (Å²) in [5, 5.41) is 3.20. The Labute approximate surface area is 115 Å². The minimum Gasteiger partial charge on any atom is -0.312 e. The van der Waals surface area contributed by atoms with E-state index in [2.05, 4.69) is 66.6 Å². The summed E-state index contributed by atoms with van der Waals surface area (Å²) in [6.07, 6.45) is 3.04. The molecule has 1 aromatic carbocycles. The lowest BCUT2D eigenvalue weighted by Gasteiger charge is -2.13. The minimum absolute atomic E-state index is 0.306. The van der Waals surface area contributed by atoms with E-state index in [1.165, 1.54) is 11.1 Å². The van der Waals surface area contributed by atoms with Crippen LogP contribution in [0.25, 0.3) is 0 Å². The second-order valence-electron chi connectivity index (χ2n) is 5.12. The number of hydrogen-bond acceptors (Lipinski definition) is 2. The molecule has 0 radical (unpaired) electrons. The van der Waals surface area contributed by atoms with E-state index in [-0.39, 0.29) is 0 Å². The molecule has 0 aliphatic heterocycles. The molecule has 0 saturated carbocycles. The van der Waals surface area contributed by atoms with Crippen LogP contribution in [0.15, 0.2) is 48.7 Å². The van der Waals surface area contributed by atoms with Crippen molar-refractivity contribution >= 4 is 0 Å². The Hall–Kier alpha value is -1.67. The second-order valence-corrected chi connectivity index (χ2v) is 5.12. The molecule has 19 heavy (non-hydrogen) atoms. The molecule has 2 heteroatoms. The Morgan fingerprint density at radius 3 is 2.37 bits per heavy atom. The largest absolute Gasteiger partial charge is 0.312 e. The van der Waals surface area contributed by atoms with Crippen molar-refractivity contribution in [2.45, 2.75) is 32.2 Å². The molecular formula is C17H22N2. The van der Waals surface area contributed by atoms with E-state index in [1.807, 2.05) is 13.2 Å². The predicted octanol–water partition coefficient (Wildman–Crippen LogP) is 3.71. The molecular weight excluding hydrogens is 232 g/mol. The van der Waals surface area contributed by atoms with Gasteiger partial charge in [-0.25, -0.2) is 0 Å². The first kappa shape index (κ1) is 13.8. The highest BCUT2D eigenvalue weighted by atomic mass is 14.9. The van der Waals surface area contributed by atoms with E-state index in [0.29, 0.717) is 12.0 Å². The monoisotopic (exact) mass is 254 g/mol. The van der Waals surface area contributed by atoms with E-state index in [1.54, 1.807) is 0 Å². The van der Waals surface area contributed by atoms with Crippen LogP contribution < -0.4 is 5.32 Å². The molecule has 1 N–H and O–H groups in total. The van der Waals surface area contributed by atoms with E-state index in [4.69, 9.17) is 0 Å². The van der Waals surface area contributed by atoms with Crippen LogP contribution in [0.2, 0.25) is 0 Å². The number of rotatable bonds is 5. The van der Waals surface area contributed by atoms with Crippen molar-refractivity contribution < 1.29 is 0 Å². The van der Waals surface area contributed by atoms with Crippen molar-refractivity contribution in [3.63, 3.8) is 0 Å². The number of benzene rings is 1. The molecule has 0 bridgehead atoms. The van der Waals surface area contributed by atoms with E-state index < -0.39 is 0 Å². The Morgan fingerprint density at radius 2 is 1.79 bits per heavy atom. The lowest BCUT2D eigenvalue weighted by molar-refractivity contribution is 0.631. The van der Waals surface area contributed by atoms with Gasteiger partial charge in [0.25, 0.3) is 0 Å². The van der Waals surface area contributed by atoms with Crippen LogP contribution >= 0.6 is 0 Å². The van der Waals surface area contributed by atoms with Crippen LogP contribution in [0, 0.1) is 0 Å². The molecule has 0 saturated heterocycles. The molecule has 1 aromatic heterocycles. The number of nitrogens with zero attached hydrogens (tertiary/aromatic N) is 1. The first-order chi connectivity index (χ1) is 9.20. The maximum Gasteiger partial charge on any atom is 0.0570 e. The van der Waals surface area contributed by atoms with Crippen molar-refractivity contribution in [1.82, 2.24) is 10.3 Å². The number of pyridine rings is 1. The summed E-state index contributed by atoms with van der Waals surface area (Å²) in [4.78, 5) is 4.53. The molecule has 1 heterocycles. The van der Waals surface area contributed by atoms with Crippen molar-refractivity contribution in [1.29, 1.82) is 0 Å². The van der Waals surface area contributed by atoms with Crippen LogP contribution in [0.4, 0.5) is 0 Å². The van der Waals surface area contributed by atoms with E-state index in [9.17, 15) is 0 Å². The summed E-state index contributed by atoms with van der Waals surface area (Å²) >= 11 is 0. The van der Waals surface area contributed by atoms with Crippen molar-refractivity contribution in [3.05, 3.63) is 65.5 Å². The molecule has 2 nitrogen and oxygen atoms in total. The molecule has 0 spiro atoms. The molecule has 100 valence electrons. The van der Waals surface area contributed by atoms with Crippen LogP contribution in [-0.4, -0.2) is 12.0 Å². The molecule has 0 aliphatic carbocycles. The van der Waals surface area contributed by atoms with E-state index in [0.717, 1.165) is 12.1 Å². The fourth-order valence-corrected chi connectivity index (χ4v) is 2.21. The molecule has 0 aliphatic rings. The van der Waals surface area contributed by atoms with Gasteiger partial charge < -0.3 is 5.32 Å². The van der Waals surface area contributed by atoms with Gasteiger partial charge in [0, 0.05) is 12.2 Å².